The molecule has 0 radical (unpaired) electrons. The van der Waals surface area contributed by atoms with E-state index in [2.05, 4.69) is 174 Å². The van der Waals surface area contributed by atoms with E-state index in [1.807, 2.05) is 12.4 Å². The summed E-state index contributed by atoms with van der Waals surface area (Å²) in [5.41, 5.74) is 7.01. The normalized spacial score (nSPS) is 18.0. The van der Waals surface area contributed by atoms with Gasteiger partial charge in [0.05, 0.1) is 44.3 Å². The fourth-order valence-corrected chi connectivity index (χ4v) is 7.89. The Labute approximate surface area is 326 Å². The summed E-state index contributed by atoms with van der Waals surface area (Å²) >= 11 is 0. The smallest absolute Gasteiger partial charge is 0.218 e. The highest BCUT2D eigenvalue weighted by molar-refractivity contribution is 6.12. The Hall–Kier alpha value is -6.28. The van der Waals surface area contributed by atoms with E-state index >= 15 is 0 Å². The second kappa shape index (κ2) is 11.6. The van der Waals surface area contributed by atoms with Gasteiger partial charge in [-0.15, -0.1) is 0 Å². The molecule has 0 bridgehead atoms. The first-order valence-corrected chi connectivity index (χ1v) is 19.3. The van der Waals surface area contributed by atoms with Crippen molar-refractivity contribution in [3.8, 4) is 22.8 Å². The monoisotopic (exact) mass is 736 g/mol. The van der Waals surface area contributed by atoms with Gasteiger partial charge < -0.3 is 9.47 Å². The Bertz CT molecular complexity index is 2760. The standard InChI is InChI=1S/C48H44N6O2/c1-45(2)47(5,6)55-43(51-45)31-19-23-41(49-27-31)53-37-15-11-9-13-33(37)35-25-29(17-21-39(35)53)30-18-22-40-36(26-30)34-14-10-12-16-38(34)54(40)42-24-20-32(28-50-42)44-52-46(3,4)48(7,8)56-44/h9-28H,1-8H3. The van der Waals surface area contributed by atoms with Gasteiger partial charge in [0.15, 0.2) is 0 Å². The fraction of sp³-hybridized carbons (Fsp3) is 0.250. The van der Waals surface area contributed by atoms with Crippen LogP contribution in [-0.4, -0.2) is 53.2 Å². The van der Waals surface area contributed by atoms with E-state index in [0.29, 0.717) is 11.8 Å². The number of fused-ring (bicyclic) bond motifs is 6. The first kappa shape index (κ1) is 34.2. The van der Waals surface area contributed by atoms with Gasteiger partial charge in [0, 0.05) is 33.9 Å². The van der Waals surface area contributed by atoms with Crippen molar-refractivity contribution >= 4 is 55.4 Å². The summed E-state index contributed by atoms with van der Waals surface area (Å²) in [6.07, 6.45) is 3.74. The summed E-state index contributed by atoms with van der Waals surface area (Å²) in [6.45, 7) is 16.7. The van der Waals surface area contributed by atoms with Gasteiger partial charge in [-0.3, -0.25) is 9.13 Å². The lowest BCUT2D eigenvalue weighted by atomic mass is 9.87. The molecule has 0 saturated heterocycles. The molecule has 2 aliphatic heterocycles. The third-order valence-corrected chi connectivity index (χ3v) is 12.5. The molecule has 8 aromatic rings. The number of pyridine rings is 2. The SMILES string of the molecule is CC1(C)N=C(c2ccc(-n3c4ccccc4c4cc(-c5ccc6c(c5)c5ccccc5n6-c5ccc(C6=NC(C)(C)C(C)(C)O6)cn5)ccc43)nc2)OC1(C)C. The van der Waals surface area contributed by atoms with E-state index in [9.17, 15) is 0 Å². The van der Waals surface area contributed by atoms with Crippen LogP contribution in [0.4, 0.5) is 0 Å². The van der Waals surface area contributed by atoms with Crippen LogP contribution in [-0.2, 0) is 9.47 Å². The van der Waals surface area contributed by atoms with Gasteiger partial charge in [-0.25, -0.2) is 20.0 Å². The largest absolute Gasteiger partial charge is 0.469 e. The van der Waals surface area contributed by atoms with E-state index in [4.69, 9.17) is 29.4 Å². The molecule has 8 heteroatoms. The van der Waals surface area contributed by atoms with Crippen molar-refractivity contribution in [2.24, 2.45) is 9.98 Å². The summed E-state index contributed by atoms with van der Waals surface area (Å²) in [4.78, 5) is 19.7. The first-order chi connectivity index (χ1) is 26.7. The lowest BCUT2D eigenvalue weighted by Crippen LogP contribution is -2.41. The quantitative estimate of drug-likeness (QED) is 0.176. The number of rotatable bonds is 5. The minimum atomic E-state index is -0.395. The van der Waals surface area contributed by atoms with Crippen LogP contribution in [0.15, 0.2) is 132 Å². The molecule has 4 aromatic heterocycles. The molecule has 0 fully saturated rings. The lowest BCUT2D eigenvalue weighted by Gasteiger charge is -2.30. The minimum absolute atomic E-state index is 0.326. The fourth-order valence-electron chi connectivity index (χ4n) is 7.89. The van der Waals surface area contributed by atoms with Crippen molar-refractivity contribution in [2.75, 3.05) is 0 Å². The number of hydrogen-bond acceptors (Lipinski definition) is 6. The zero-order valence-corrected chi connectivity index (χ0v) is 33.0. The van der Waals surface area contributed by atoms with Crippen LogP contribution in [0.25, 0.3) is 66.4 Å². The average Bonchev–Trinajstić information content (AvgIpc) is 3.83. The van der Waals surface area contributed by atoms with Crippen molar-refractivity contribution in [3.05, 3.63) is 133 Å². The molecule has 6 heterocycles. The Morgan fingerprint density at radius 3 is 1.14 bits per heavy atom. The molecule has 0 saturated carbocycles. The first-order valence-electron chi connectivity index (χ1n) is 19.3. The summed E-state index contributed by atoms with van der Waals surface area (Å²) in [5.74, 6) is 2.96. The molecule has 0 spiro atoms. The molecule has 8 nitrogen and oxygen atoms in total. The zero-order valence-electron chi connectivity index (χ0n) is 33.0. The van der Waals surface area contributed by atoms with Crippen molar-refractivity contribution in [1.29, 1.82) is 0 Å². The van der Waals surface area contributed by atoms with E-state index < -0.39 is 11.2 Å². The van der Waals surface area contributed by atoms with E-state index in [1.54, 1.807) is 0 Å². The van der Waals surface area contributed by atoms with Gasteiger partial charge in [0.1, 0.15) is 22.8 Å². The number of ether oxygens (including phenoxy) is 2. The average molecular weight is 737 g/mol. The van der Waals surface area contributed by atoms with Gasteiger partial charge in [0.2, 0.25) is 11.8 Å². The topological polar surface area (TPSA) is 78.8 Å². The molecule has 4 aromatic carbocycles. The van der Waals surface area contributed by atoms with Crippen molar-refractivity contribution in [2.45, 2.75) is 77.7 Å². The zero-order chi connectivity index (χ0) is 38.8. The van der Waals surface area contributed by atoms with Gasteiger partial charge in [0.25, 0.3) is 0 Å². The van der Waals surface area contributed by atoms with Crippen LogP contribution in [0.5, 0.6) is 0 Å². The molecule has 0 N–H and O–H groups in total. The molecule has 2 aliphatic rings. The summed E-state index contributed by atoms with van der Waals surface area (Å²) in [5, 5.41) is 4.70. The van der Waals surface area contributed by atoms with Gasteiger partial charge in [-0.05, 0) is 127 Å². The third-order valence-electron chi connectivity index (χ3n) is 12.5. The van der Waals surface area contributed by atoms with Gasteiger partial charge in [-0.2, -0.15) is 0 Å². The van der Waals surface area contributed by atoms with E-state index in [1.165, 1.54) is 21.5 Å². The second-order valence-corrected chi connectivity index (χ2v) is 17.2. The number of para-hydroxylation sites is 2. The van der Waals surface area contributed by atoms with Gasteiger partial charge >= 0.3 is 0 Å². The second-order valence-electron chi connectivity index (χ2n) is 17.2. The number of benzene rings is 4. The van der Waals surface area contributed by atoms with Crippen molar-refractivity contribution in [1.82, 2.24) is 19.1 Å². The third kappa shape index (κ3) is 5.04. The molecule has 0 unspecified atom stereocenters. The van der Waals surface area contributed by atoms with Crippen LogP contribution in [0.1, 0.15) is 66.5 Å². The summed E-state index contributed by atoms with van der Waals surface area (Å²) in [6, 6.07) is 38.8. The Balaban J connectivity index is 1.03. The minimum Gasteiger partial charge on any atom is -0.469 e. The molecule has 0 atom stereocenters. The van der Waals surface area contributed by atoms with Crippen LogP contribution in [0.3, 0.4) is 0 Å². The molecule has 278 valence electrons. The molecule has 0 aliphatic carbocycles. The van der Waals surface area contributed by atoms with Crippen LogP contribution in [0.2, 0.25) is 0 Å². The Morgan fingerprint density at radius 1 is 0.411 bits per heavy atom. The summed E-state index contributed by atoms with van der Waals surface area (Å²) < 4.78 is 17.0. The van der Waals surface area contributed by atoms with Crippen molar-refractivity contribution < 1.29 is 9.47 Å². The number of hydrogen-bond donors (Lipinski definition) is 0. The van der Waals surface area contributed by atoms with Gasteiger partial charge in [-0.1, -0.05) is 48.5 Å². The highest BCUT2D eigenvalue weighted by Gasteiger charge is 2.46. The van der Waals surface area contributed by atoms with Crippen LogP contribution in [0, 0.1) is 0 Å². The lowest BCUT2D eigenvalue weighted by molar-refractivity contribution is 0.0618. The maximum Gasteiger partial charge on any atom is 0.218 e. The molecule has 56 heavy (non-hydrogen) atoms. The predicted octanol–water partition coefficient (Wildman–Crippen LogP) is 11.0. The van der Waals surface area contributed by atoms with E-state index in [-0.39, 0.29) is 11.1 Å². The number of aromatic nitrogens is 4. The number of nitrogens with zero attached hydrogens (tertiary/aromatic N) is 6. The van der Waals surface area contributed by atoms with E-state index in [0.717, 1.165) is 56.0 Å². The Morgan fingerprint density at radius 2 is 0.786 bits per heavy atom. The predicted molar refractivity (Wildman–Crippen MR) is 228 cm³/mol. The maximum atomic E-state index is 6.27. The molecular formula is C48H44N6O2. The van der Waals surface area contributed by atoms with Crippen molar-refractivity contribution in [3.63, 3.8) is 0 Å². The highest BCUT2D eigenvalue weighted by Crippen LogP contribution is 2.40. The van der Waals surface area contributed by atoms with Crippen LogP contribution >= 0.6 is 0 Å². The summed E-state index contributed by atoms with van der Waals surface area (Å²) in [7, 11) is 0. The van der Waals surface area contributed by atoms with Crippen LogP contribution < -0.4 is 0 Å². The highest BCUT2D eigenvalue weighted by atomic mass is 16.5. The molecule has 10 rings (SSSR count). The molecular weight excluding hydrogens is 693 g/mol. The number of aliphatic imine (C=N–C) groups is 2. The molecule has 0 amide bonds. The Kier molecular flexibility index (Phi) is 7.10. The maximum absolute atomic E-state index is 6.27.